The average Bonchev–Trinajstić information content (AvgIpc) is 2.63. The molecule has 0 N–H and O–H groups in total. The molecule has 4 heteroatoms. The zero-order chi connectivity index (χ0) is 11.7. The van der Waals surface area contributed by atoms with Gasteiger partial charge in [0.25, 0.3) is 0 Å². The van der Waals surface area contributed by atoms with E-state index in [9.17, 15) is 0 Å². The highest BCUT2D eigenvalue weighted by molar-refractivity contribution is 6.35. The minimum Gasteiger partial charge on any atom is -0.376 e. The first-order valence-electron chi connectivity index (χ1n) is 5.30. The van der Waals surface area contributed by atoms with Crippen molar-refractivity contribution in [2.24, 2.45) is 5.92 Å². The second kappa shape index (κ2) is 5.14. The average molecular weight is 280 g/mol. The molecule has 0 aliphatic carbocycles. The summed E-state index contributed by atoms with van der Waals surface area (Å²) in [6.45, 7) is 2.93. The predicted molar refractivity (Wildman–Crippen MR) is 68.6 cm³/mol. The lowest BCUT2D eigenvalue weighted by molar-refractivity contribution is 0.0904. The zero-order valence-corrected chi connectivity index (χ0v) is 11.2. The first-order valence-corrected chi connectivity index (χ1v) is 6.49. The molecule has 0 aromatic heterocycles. The Balaban J connectivity index is 2.23. The fourth-order valence-electron chi connectivity index (χ4n) is 1.99. The van der Waals surface area contributed by atoms with Crippen LogP contribution in [0, 0.1) is 5.92 Å². The van der Waals surface area contributed by atoms with Crippen molar-refractivity contribution in [3.63, 3.8) is 0 Å². The smallest absolute Gasteiger partial charge is 0.0864 e. The number of alkyl halides is 1. The van der Waals surface area contributed by atoms with E-state index in [1.54, 1.807) is 12.1 Å². The molecule has 0 radical (unpaired) electrons. The van der Waals surface area contributed by atoms with Gasteiger partial charge in [-0.3, -0.25) is 0 Å². The first-order chi connectivity index (χ1) is 7.59. The number of benzene rings is 1. The monoisotopic (exact) mass is 278 g/mol. The van der Waals surface area contributed by atoms with E-state index in [1.165, 1.54) is 0 Å². The van der Waals surface area contributed by atoms with E-state index in [0.29, 0.717) is 16.0 Å². The Morgan fingerprint density at radius 3 is 2.69 bits per heavy atom. The summed E-state index contributed by atoms with van der Waals surface area (Å²) in [6, 6.07) is 5.39. The Hall–Kier alpha value is 0.0500. The highest BCUT2D eigenvalue weighted by Gasteiger charge is 2.32. The molecule has 1 heterocycles. The van der Waals surface area contributed by atoms with E-state index < -0.39 is 0 Å². The van der Waals surface area contributed by atoms with E-state index in [-0.39, 0.29) is 11.5 Å². The third kappa shape index (κ3) is 2.48. The molecule has 16 heavy (non-hydrogen) atoms. The Labute approximate surface area is 111 Å². The molecule has 0 bridgehead atoms. The SMILES string of the molecule is CC1CCOC1C(Cl)c1ccc(Cl)cc1Cl. The van der Waals surface area contributed by atoms with Crippen molar-refractivity contribution in [3.8, 4) is 0 Å². The maximum Gasteiger partial charge on any atom is 0.0864 e. The van der Waals surface area contributed by atoms with Crippen LogP contribution in [0.5, 0.6) is 0 Å². The maximum atomic E-state index is 6.41. The van der Waals surface area contributed by atoms with Crippen molar-refractivity contribution < 1.29 is 4.74 Å². The molecule has 1 fully saturated rings. The van der Waals surface area contributed by atoms with Gasteiger partial charge in [0.2, 0.25) is 0 Å². The van der Waals surface area contributed by atoms with E-state index >= 15 is 0 Å². The number of ether oxygens (including phenoxy) is 1. The summed E-state index contributed by atoms with van der Waals surface area (Å²) in [5.41, 5.74) is 0.895. The molecule has 0 spiro atoms. The largest absolute Gasteiger partial charge is 0.376 e. The van der Waals surface area contributed by atoms with Crippen molar-refractivity contribution in [1.82, 2.24) is 0 Å². The minimum atomic E-state index is -0.206. The molecule has 3 atom stereocenters. The molecule has 2 rings (SSSR count). The standard InChI is InChI=1S/C12H13Cl3O/c1-7-4-5-16-12(7)11(15)9-3-2-8(13)6-10(9)14/h2-3,6-7,11-12H,4-5H2,1H3. The Bertz CT molecular complexity index is 381. The van der Waals surface area contributed by atoms with Gasteiger partial charge in [0.05, 0.1) is 11.5 Å². The van der Waals surface area contributed by atoms with Gasteiger partial charge in [-0.05, 0) is 30.0 Å². The second-order valence-electron chi connectivity index (χ2n) is 4.17. The van der Waals surface area contributed by atoms with Crippen LogP contribution in [-0.4, -0.2) is 12.7 Å². The first kappa shape index (κ1) is 12.5. The Morgan fingerprint density at radius 1 is 1.38 bits per heavy atom. The molecule has 3 unspecified atom stereocenters. The summed E-state index contributed by atoms with van der Waals surface area (Å²) in [5.74, 6) is 0.467. The predicted octanol–water partition coefficient (Wildman–Crippen LogP) is 4.70. The summed E-state index contributed by atoms with van der Waals surface area (Å²) >= 11 is 18.4. The second-order valence-corrected chi connectivity index (χ2v) is 5.48. The topological polar surface area (TPSA) is 9.23 Å². The van der Waals surface area contributed by atoms with Crippen molar-refractivity contribution in [2.75, 3.05) is 6.61 Å². The third-order valence-corrected chi connectivity index (χ3v) is 4.04. The van der Waals surface area contributed by atoms with Crippen molar-refractivity contribution in [3.05, 3.63) is 33.8 Å². The van der Waals surface area contributed by atoms with E-state index in [1.807, 2.05) is 6.07 Å². The van der Waals surface area contributed by atoms with Gasteiger partial charge in [0.1, 0.15) is 0 Å². The van der Waals surface area contributed by atoms with Crippen LogP contribution >= 0.6 is 34.8 Å². The molecule has 1 aromatic carbocycles. The van der Waals surface area contributed by atoms with Gasteiger partial charge < -0.3 is 4.74 Å². The molecular formula is C12H13Cl3O. The number of hydrogen-bond donors (Lipinski definition) is 0. The highest BCUT2D eigenvalue weighted by Crippen LogP contribution is 2.39. The highest BCUT2D eigenvalue weighted by atomic mass is 35.5. The van der Waals surface area contributed by atoms with E-state index in [0.717, 1.165) is 18.6 Å². The molecule has 0 saturated carbocycles. The van der Waals surface area contributed by atoms with Crippen LogP contribution in [0.2, 0.25) is 10.0 Å². The van der Waals surface area contributed by atoms with Gasteiger partial charge in [-0.15, -0.1) is 11.6 Å². The van der Waals surface area contributed by atoms with Gasteiger partial charge in [-0.1, -0.05) is 36.2 Å². The van der Waals surface area contributed by atoms with Crippen molar-refractivity contribution in [1.29, 1.82) is 0 Å². The summed E-state index contributed by atoms with van der Waals surface area (Å²) in [4.78, 5) is 0. The number of halogens is 3. The van der Waals surface area contributed by atoms with E-state index in [2.05, 4.69) is 6.92 Å². The summed E-state index contributed by atoms with van der Waals surface area (Å²) in [6.07, 6.45) is 1.10. The molecule has 88 valence electrons. The van der Waals surface area contributed by atoms with Gasteiger partial charge in [0.15, 0.2) is 0 Å². The van der Waals surface area contributed by atoms with Crippen LogP contribution in [0.3, 0.4) is 0 Å². The van der Waals surface area contributed by atoms with Gasteiger partial charge in [-0.25, -0.2) is 0 Å². The lowest BCUT2D eigenvalue weighted by atomic mass is 9.97. The molecule has 1 aliphatic heterocycles. The molecule has 1 nitrogen and oxygen atoms in total. The summed E-state index contributed by atoms with van der Waals surface area (Å²) in [7, 11) is 0. The molecule has 0 amide bonds. The fourth-order valence-corrected chi connectivity index (χ4v) is 3.09. The quantitative estimate of drug-likeness (QED) is 0.713. The number of hydrogen-bond acceptors (Lipinski definition) is 1. The van der Waals surface area contributed by atoms with E-state index in [4.69, 9.17) is 39.5 Å². The van der Waals surface area contributed by atoms with Crippen LogP contribution in [0.25, 0.3) is 0 Å². The molecular weight excluding hydrogens is 266 g/mol. The molecule has 1 saturated heterocycles. The Kier molecular flexibility index (Phi) is 4.01. The van der Waals surface area contributed by atoms with Crippen LogP contribution < -0.4 is 0 Å². The fraction of sp³-hybridized carbons (Fsp3) is 0.500. The summed E-state index contributed by atoms with van der Waals surface area (Å²) < 4.78 is 5.64. The zero-order valence-electron chi connectivity index (χ0n) is 8.92. The van der Waals surface area contributed by atoms with Gasteiger partial charge in [0, 0.05) is 16.7 Å². The normalized spacial score (nSPS) is 27.0. The van der Waals surface area contributed by atoms with Gasteiger partial charge >= 0.3 is 0 Å². The summed E-state index contributed by atoms with van der Waals surface area (Å²) in [5, 5.41) is 1.02. The molecule has 1 aliphatic rings. The number of rotatable bonds is 2. The third-order valence-electron chi connectivity index (χ3n) is 2.99. The lowest BCUT2D eigenvalue weighted by Gasteiger charge is -2.21. The van der Waals surface area contributed by atoms with Gasteiger partial charge in [-0.2, -0.15) is 0 Å². The van der Waals surface area contributed by atoms with Crippen LogP contribution in [-0.2, 0) is 4.74 Å². The lowest BCUT2D eigenvalue weighted by Crippen LogP contribution is -2.19. The van der Waals surface area contributed by atoms with Crippen molar-refractivity contribution in [2.45, 2.75) is 24.8 Å². The Morgan fingerprint density at radius 2 is 2.12 bits per heavy atom. The maximum absolute atomic E-state index is 6.41. The van der Waals surface area contributed by atoms with Crippen LogP contribution in [0.4, 0.5) is 0 Å². The van der Waals surface area contributed by atoms with Crippen LogP contribution in [0.1, 0.15) is 24.3 Å². The van der Waals surface area contributed by atoms with Crippen molar-refractivity contribution >= 4 is 34.8 Å². The van der Waals surface area contributed by atoms with Crippen LogP contribution in [0.15, 0.2) is 18.2 Å². The minimum absolute atomic E-state index is 0.0420. The molecule has 1 aromatic rings.